The van der Waals surface area contributed by atoms with Crippen LogP contribution >= 0.6 is 24.8 Å². The van der Waals surface area contributed by atoms with Gasteiger partial charge in [-0.15, -0.1) is 11.3 Å². The van der Waals surface area contributed by atoms with Crippen LogP contribution in [0.25, 0.3) is 31.6 Å². The summed E-state index contributed by atoms with van der Waals surface area (Å²) in [6, 6.07) is 29.7. The zero-order valence-electron chi connectivity index (χ0n) is 21.2. The Bertz CT molecular complexity index is 1990. The van der Waals surface area contributed by atoms with Gasteiger partial charge in [0.25, 0.3) is 0 Å². The van der Waals surface area contributed by atoms with E-state index in [0.717, 1.165) is 48.5 Å². The number of nitrogens with zero attached hydrogens (tertiary/aromatic N) is 2. The third kappa shape index (κ3) is 5.89. The van der Waals surface area contributed by atoms with Gasteiger partial charge in [0.2, 0.25) is 0 Å². The minimum absolute atomic E-state index is 0. The third-order valence-electron chi connectivity index (χ3n) is 6.38. The van der Waals surface area contributed by atoms with Crippen molar-refractivity contribution in [1.29, 1.82) is 0 Å². The number of rotatable bonds is 1. The molecule has 8 heteroatoms. The average Bonchev–Trinajstić information content (AvgIpc) is 2.95. The number of nitrogen functional groups attached to an aromatic ring is 2. The molecule has 1 heterocycles. The maximum Gasteiger partial charge on any atom is 0.188 e. The molecule has 0 spiro atoms. The molecule has 4 N–H and O–H groups in total. The first-order valence-corrected chi connectivity index (χ1v) is 13.1. The van der Waals surface area contributed by atoms with Gasteiger partial charge >= 0.3 is 0 Å². The molecule has 1 aliphatic heterocycles. The number of aliphatic imine (C=N–C) groups is 1. The highest BCUT2D eigenvalue weighted by atomic mass is 32.1. The Labute approximate surface area is 250 Å². The van der Waals surface area contributed by atoms with Crippen LogP contribution in [0.3, 0.4) is 0 Å². The van der Waals surface area contributed by atoms with Gasteiger partial charge < -0.3 is 11.5 Å². The van der Waals surface area contributed by atoms with Crippen LogP contribution in [-0.4, -0.2) is 16.5 Å². The van der Waals surface area contributed by atoms with Crippen molar-refractivity contribution in [3.05, 3.63) is 131 Å². The maximum atomic E-state index is 12.1. The summed E-state index contributed by atoms with van der Waals surface area (Å²) in [7, 11) is 0. The smallest absolute Gasteiger partial charge is 0.188 e. The number of carbonyl (C=O) groups is 1. The van der Waals surface area contributed by atoms with Crippen molar-refractivity contribution in [2.45, 2.75) is 7.43 Å². The molecule has 4 aromatic carbocycles. The number of hydrogen-bond donors (Lipinski definition) is 2. The summed E-state index contributed by atoms with van der Waals surface area (Å²) in [5.41, 5.74) is 17.9. The highest BCUT2D eigenvalue weighted by Crippen LogP contribution is 2.34. The minimum Gasteiger partial charge on any atom is -0.399 e. The molecule has 3 aliphatic rings. The van der Waals surface area contributed by atoms with E-state index in [2.05, 4.69) is 4.99 Å². The fourth-order valence-electron chi connectivity index (χ4n) is 4.48. The minimum atomic E-state index is 0. The van der Waals surface area contributed by atoms with Crippen molar-refractivity contribution < 1.29 is 6.22 Å². The fourth-order valence-corrected chi connectivity index (χ4v) is 5.55. The second-order valence-electron chi connectivity index (χ2n) is 9.04. The summed E-state index contributed by atoms with van der Waals surface area (Å²) < 4.78 is 0.993. The SMILES string of the molecule is C.Nc1ccc(N=C2C=CC(=O)c3ccccc32)cc1.Nc1ccc2nc3c4ccccc4c(=O)cc-3sc2c1.S.[2HH]. The molecular weight excluding hydrogens is 549 g/mol. The van der Waals surface area contributed by atoms with Crippen LogP contribution in [0.1, 0.15) is 24.8 Å². The van der Waals surface area contributed by atoms with E-state index in [1.807, 2.05) is 91.0 Å². The summed E-state index contributed by atoms with van der Waals surface area (Å²) in [6.45, 7) is 0. The molecule has 0 bridgehead atoms. The lowest BCUT2D eigenvalue weighted by Gasteiger charge is -2.11. The van der Waals surface area contributed by atoms with E-state index in [4.69, 9.17) is 16.5 Å². The molecule has 7 rings (SSSR count). The van der Waals surface area contributed by atoms with Gasteiger partial charge in [-0.2, -0.15) is 13.5 Å². The van der Waals surface area contributed by atoms with Gasteiger partial charge in [-0.25, -0.2) is 9.98 Å². The summed E-state index contributed by atoms with van der Waals surface area (Å²) in [4.78, 5) is 34.1. The molecule has 0 unspecified atom stereocenters. The summed E-state index contributed by atoms with van der Waals surface area (Å²) >= 11 is 1.55. The van der Waals surface area contributed by atoms with Crippen molar-refractivity contribution in [2.75, 3.05) is 11.5 Å². The van der Waals surface area contributed by atoms with E-state index < -0.39 is 0 Å². The highest BCUT2D eigenvalue weighted by Gasteiger charge is 2.16. The van der Waals surface area contributed by atoms with E-state index in [9.17, 15) is 9.59 Å². The molecule has 0 radical (unpaired) electrons. The number of nitrogens with two attached hydrogens (primary N) is 2. The van der Waals surface area contributed by atoms with Crippen LogP contribution in [0.5, 0.6) is 0 Å². The van der Waals surface area contributed by atoms with Gasteiger partial charge in [-0.05, 0) is 54.6 Å². The van der Waals surface area contributed by atoms with Crippen LogP contribution in [-0.2, 0) is 0 Å². The van der Waals surface area contributed by atoms with Crippen molar-refractivity contribution >= 4 is 74.4 Å². The van der Waals surface area contributed by atoms with E-state index in [-0.39, 0.29) is 33.6 Å². The van der Waals surface area contributed by atoms with Crippen molar-refractivity contribution in [2.24, 2.45) is 4.99 Å². The van der Waals surface area contributed by atoms with Crippen LogP contribution in [0.4, 0.5) is 17.1 Å². The average molecular weight is 580 g/mol. The second-order valence-corrected chi connectivity index (χ2v) is 10.1. The molecule has 0 atom stereocenters. The fraction of sp³-hybridized carbons (Fsp3) is 0.0303. The monoisotopic (exact) mass is 579 g/mol. The number of hydrogen-bond acceptors (Lipinski definition) is 7. The molecule has 0 aromatic heterocycles. The Morgan fingerprint density at radius 3 is 2.15 bits per heavy atom. The first kappa shape index (κ1) is 29.2. The topological polar surface area (TPSA) is 111 Å². The Hall–Kier alpha value is -4.79. The third-order valence-corrected chi connectivity index (χ3v) is 7.46. The molecule has 6 nitrogen and oxygen atoms in total. The molecule has 0 amide bonds. The molecule has 0 fully saturated rings. The zero-order valence-corrected chi connectivity index (χ0v) is 23.0. The van der Waals surface area contributed by atoms with E-state index >= 15 is 0 Å². The van der Waals surface area contributed by atoms with Gasteiger partial charge in [-0.1, -0.05) is 56.0 Å². The molecule has 4 aromatic rings. The van der Waals surface area contributed by atoms with E-state index in [0.29, 0.717) is 16.9 Å². The van der Waals surface area contributed by atoms with Crippen molar-refractivity contribution in [3.63, 3.8) is 0 Å². The number of carbonyl (C=O) groups excluding carboxylic acids is 1. The lowest BCUT2D eigenvalue weighted by Crippen LogP contribution is -2.11. The van der Waals surface area contributed by atoms with Crippen LogP contribution in [0.2, 0.25) is 0 Å². The number of fused-ring (bicyclic) bond motifs is 5. The standard InChI is InChI=1S/C16H10N2OS.C16H12N2O.CH4.H2S.H2/c17-9-5-6-12-14(7-9)20-15-8-13(19)10-3-1-2-4-11(10)16(15)18-12;17-11-5-7-12(8-6-11)18-15-9-10-16(19)14-4-2-1-3-13(14)15;;;/h1-8H,17H2;1-10H,17H2;1H4;1H2;1H/i;;;;1+1. The Balaban J connectivity index is 0.000000215. The molecule has 206 valence electrons. The van der Waals surface area contributed by atoms with Gasteiger partial charge in [0.05, 0.1) is 32.2 Å². The van der Waals surface area contributed by atoms with Gasteiger partial charge in [0.15, 0.2) is 11.2 Å². The van der Waals surface area contributed by atoms with Crippen molar-refractivity contribution in [3.8, 4) is 10.6 Å². The molecule has 41 heavy (non-hydrogen) atoms. The number of benzene rings is 5. The summed E-state index contributed by atoms with van der Waals surface area (Å²) in [5.74, 6) is 0.0202. The Kier molecular flexibility index (Phi) is 8.66. The predicted molar refractivity (Wildman–Crippen MR) is 181 cm³/mol. The maximum absolute atomic E-state index is 12.1. The first-order valence-electron chi connectivity index (χ1n) is 12.2. The van der Waals surface area contributed by atoms with Gasteiger partial charge in [-0.3, -0.25) is 9.59 Å². The van der Waals surface area contributed by atoms with Crippen molar-refractivity contribution in [1.82, 2.24) is 4.98 Å². The number of anilines is 2. The number of ketones is 1. The number of allylic oxidation sites excluding steroid dienone is 2. The zero-order chi connectivity index (χ0) is 26.9. The lowest BCUT2D eigenvalue weighted by atomic mass is 9.94. The molecular formula is C33H30N4O2S2. The predicted octanol–water partition coefficient (Wildman–Crippen LogP) is 7.63. The van der Waals surface area contributed by atoms with Crippen LogP contribution in [0, 0.1) is 0 Å². The molecule has 2 aliphatic carbocycles. The van der Waals surface area contributed by atoms with E-state index in [1.165, 1.54) is 0 Å². The normalized spacial score (nSPS) is 12.8. The molecule has 0 saturated heterocycles. The van der Waals surface area contributed by atoms with Crippen LogP contribution < -0.4 is 16.9 Å². The Morgan fingerprint density at radius 2 is 1.39 bits per heavy atom. The van der Waals surface area contributed by atoms with E-state index in [1.54, 1.807) is 29.6 Å². The summed E-state index contributed by atoms with van der Waals surface area (Å²) in [5, 5.41) is 1.62. The van der Waals surface area contributed by atoms with Crippen LogP contribution in [0.15, 0.2) is 119 Å². The molecule has 0 saturated carbocycles. The van der Waals surface area contributed by atoms with Gasteiger partial charge in [0, 0.05) is 40.8 Å². The Morgan fingerprint density at radius 1 is 0.732 bits per heavy atom. The second kappa shape index (κ2) is 12.2. The quantitative estimate of drug-likeness (QED) is 0.118. The van der Waals surface area contributed by atoms with Gasteiger partial charge in [0.1, 0.15) is 0 Å². The largest absolute Gasteiger partial charge is 0.399 e. The first-order chi connectivity index (χ1) is 19.0. The summed E-state index contributed by atoms with van der Waals surface area (Å²) in [6.07, 6.45) is 3.31. The lowest BCUT2D eigenvalue weighted by molar-refractivity contribution is 0.104. The number of aromatic nitrogens is 1. The highest BCUT2D eigenvalue weighted by molar-refractivity contribution is 7.59.